The fraction of sp³-hybridized carbons (Fsp3) is 0.304. The topological polar surface area (TPSA) is 24.1 Å². The average molecular weight is 335 g/mol. The summed E-state index contributed by atoms with van der Waals surface area (Å²) in [6.07, 6.45) is 6.89. The summed E-state index contributed by atoms with van der Waals surface area (Å²) in [7, 11) is 0. The molecule has 0 saturated heterocycles. The first-order chi connectivity index (χ1) is 12.1. The zero-order chi connectivity index (χ0) is 17.9. The maximum atomic E-state index is 3.61. The summed E-state index contributed by atoms with van der Waals surface area (Å²) in [4.78, 5) is 0. The molecule has 0 fully saturated rings. The fourth-order valence-corrected chi connectivity index (χ4v) is 2.65. The van der Waals surface area contributed by atoms with Gasteiger partial charge in [-0.15, -0.1) is 0 Å². The Morgan fingerprint density at radius 2 is 1.56 bits per heavy atom. The summed E-state index contributed by atoms with van der Waals surface area (Å²) in [6, 6.07) is 20.9. The lowest BCUT2D eigenvalue weighted by atomic mass is 10.1. The normalized spacial score (nSPS) is 12.5. The van der Waals surface area contributed by atoms with Gasteiger partial charge in [0.2, 0.25) is 0 Å². The van der Waals surface area contributed by atoms with Gasteiger partial charge in [-0.3, -0.25) is 5.32 Å². The van der Waals surface area contributed by atoms with E-state index in [4.69, 9.17) is 0 Å². The van der Waals surface area contributed by atoms with Crippen LogP contribution in [0.2, 0.25) is 0 Å². The fourth-order valence-electron chi connectivity index (χ4n) is 2.65. The van der Waals surface area contributed by atoms with Gasteiger partial charge in [0, 0.05) is 12.2 Å². The van der Waals surface area contributed by atoms with Crippen molar-refractivity contribution in [2.45, 2.75) is 46.3 Å². The Balaban J connectivity index is 2.01. The Bertz CT molecular complexity index is 668. The Morgan fingerprint density at radius 3 is 2.20 bits per heavy atom. The molecular weight excluding hydrogens is 304 g/mol. The van der Waals surface area contributed by atoms with Crippen molar-refractivity contribution in [1.82, 2.24) is 5.32 Å². The highest BCUT2D eigenvalue weighted by Crippen LogP contribution is 2.12. The minimum atomic E-state index is 0.106. The molecule has 2 aromatic rings. The highest BCUT2D eigenvalue weighted by atomic mass is 15.1. The van der Waals surface area contributed by atoms with Crippen molar-refractivity contribution in [1.29, 1.82) is 0 Å². The van der Waals surface area contributed by atoms with Gasteiger partial charge in [0.05, 0.1) is 6.17 Å². The lowest BCUT2D eigenvalue weighted by Gasteiger charge is -2.19. The molecular formula is C23H30N2. The van der Waals surface area contributed by atoms with Gasteiger partial charge in [0.1, 0.15) is 0 Å². The molecule has 0 heterocycles. The number of benzene rings is 2. The van der Waals surface area contributed by atoms with Crippen molar-refractivity contribution in [2.24, 2.45) is 0 Å². The van der Waals surface area contributed by atoms with E-state index < -0.39 is 0 Å². The molecule has 0 spiro atoms. The van der Waals surface area contributed by atoms with Crippen LogP contribution in [0, 0.1) is 0 Å². The van der Waals surface area contributed by atoms with Crippen molar-refractivity contribution in [3.63, 3.8) is 0 Å². The zero-order valence-corrected chi connectivity index (χ0v) is 15.6. The monoisotopic (exact) mass is 334 g/mol. The third-order valence-corrected chi connectivity index (χ3v) is 4.01. The number of allylic oxidation sites excluding steroid dienone is 3. The van der Waals surface area contributed by atoms with E-state index in [9.17, 15) is 0 Å². The summed E-state index contributed by atoms with van der Waals surface area (Å²) in [5, 5.41) is 7.19. The molecule has 2 N–H and O–H groups in total. The maximum Gasteiger partial charge on any atom is 0.0965 e. The summed E-state index contributed by atoms with van der Waals surface area (Å²) >= 11 is 0. The predicted molar refractivity (Wildman–Crippen MR) is 110 cm³/mol. The van der Waals surface area contributed by atoms with Gasteiger partial charge in [-0.1, -0.05) is 65.8 Å². The van der Waals surface area contributed by atoms with E-state index in [0.717, 1.165) is 25.1 Å². The SMILES string of the molecule is CC(C)=CCCC(C)=CC(NCc1ccccc1)Nc1ccccc1. The van der Waals surface area contributed by atoms with Crippen molar-refractivity contribution in [3.8, 4) is 0 Å². The number of para-hydroxylation sites is 1. The largest absolute Gasteiger partial charge is 0.366 e. The maximum absolute atomic E-state index is 3.61. The van der Waals surface area contributed by atoms with Crippen molar-refractivity contribution >= 4 is 5.69 Å². The average Bonchev–Trinajstić information content (AvgIpc) is 2.61. The molecule has 2 rings (SSSR count). The van der Waals surface area contributed by atoms with Crippen LogP contribution in [0.15, 0.2) is 84.0 Å². The quantitative estimate of drug-likeness (QED) is 0.440. The highest BCUT2D eigenvalue weighted by Gasteiger charge is 2.05. The van der Waals surface area contributed by atoms with Crippen molar-refractivity contribution in [3.05, 3.63) is 89.5 Å². The van der Waals surface area contributed by atoms with E-state index in [1.54, 1.807) is 0 Å². The minimum absolute atomic E-state index is 0.106. The van der Waals surface area contributed by atoms with Crippen molar-refractivity contribution in [2.75, 3.05) is 5.32 Å². The Kier molecular flexibility index (Phi) is 8.00. The molecule has 2 heteroatoms. The van der Waals surface area contributed by atoms with Gasteiger partial charge >= 0.3 is 0 Å². The van der Waals surface area contributed by atoms with E-state index in [1.807, 2.05) is 6.07 Å². The Hall–Kier alpha value is -2.32. The number of hydrogen-bond donors (Lipinski definition) is 2. The first-order valence-corrected chi connectivity index (χ1v) is 9.03. The molecule has 1 unspecified atom stereocenters. The lowest BCUT2D eigenvalue weighted by Crippen LogP contribution is -2.34. The molecule has 0 radical (unpaired) electrons. The van der Waals surface area contributed by atoms with Gasteiger partial charge < -0.3 is 5.32 Å². The minimum Gasteiger partial charge on any atom is -0.366 e. The second kappa shape index (κ2) is 10.5. The second-order valence-electron chi connectivity index (χ2n) is 6.69. The number of rotatable bonds is 9. The van der Waals surface area contributed by atoms with E-state index in [1.165, 1.54) is 16.7 Å². The number of hydrogen-bond acceptors (Lipinski definition) is 2. The molecule has 0 aliphatic carbocycles. The first kappa shape index (κ1) is 19.0. The first-order valence-electron chi connectivity index (χ1n) is 9.03. The summed E-state index contributed by atoms with van der Waals surface area (Å²) in [6.45, 7) is 7.35. The van der Waals surface area contributed by atoms with Crippen LogP contribution in [0.1, 0.15) is 39.2 Å². The molecule has 0 aliphatic heterocycles. The molecule has 2 nitrogen and oxygen atoms in total. The number of anilines is 1. The standard InChI is InChI=1S/C23H30N2/c1-19(2)11-10-12-20(3)17-23(25-22-15-8-5-9-16-22)24-18-21-13-6-4-7-14-21/h4-9,11,13-17,23-25H,10,12,18H2,1-3H3. The van der Waals surface area contributed by atoms with Gasteiger partial charge in [0.25, 0.3) is 0 Å². The van der Waals surface area contributed by atoms with E-state index >= 15 is 0 Å². The summed E-state index contributed by atoms with van der Waals surface area (Å²) in [5.41, 5.74) is 5.19. The van der Waals surface area contributed by atoms with Crippen LogP contribution in [0.5, 0.6) is 0 Å². The van der Waals surface area contributed by atoms with Gasteiger partial charge in [-0.2, -0.15) is 0 Å². The Morgan fingerprint density at radius 1 is 0.920 bits per heavy atom. The van der Waals surface area contributed by atoms with Gasteiger partial charge in [0.15, 0.2) is 0 Å². The third-order valence-electron chi connectivity index (χ3n) is 4.01. The molecule has 0 aliphatic rings. The van der Waals surface area contributed by atoms with Crippen LogP contribution in [0.3, 0.4) is 0 Å². The summed E-state index contributed by atoms with van der Waals surface area (Å²) in [5.74, 6) is 0. The van der Waals surface area contributed by atoms with Crippen molar-refractivity contribution < 1.29 is 0 Å². The van der Waals surface area contributed by atoms with E-state index in [-0.39, 0.29) is 6.17 Å². The van der Waals surface area contributed by atoms with Gasteiger partial charge in [-0.05, 0) is 57.4 Å². The number of nitrogens with one attached hydrogen (secondary N) is 2. The predicted octanol–water partition coefficient (Wildman–Crippen LogP) is 5.91. The molecule has 132 valence electrons. The zero-order valence-electron chi connectivity index (χ0n) is 15.6. The molecule has 25 heavy (non-hydrogen) atoms. The van der Waals surface area contributed by atoms with Crippen LogP contribution in [0.25, 0.3) is 0 Å². The molecule has 0 saturated carbocycles. The van der Waals surface area contributed by atoms with Crippen LogP contribution in [-0.4, -0.2) is 6.17 Å². The van der Waals surface area contributed by atoms with Crippen LogP contribution in [-0.2, 0) is 6.54 Å². The van der Waals surface area contributed by atoms with E-state index in [0.29, 0.717) is 0 Å². The lowest BCUT2D eigenvalue weighted by molar-refractivity contribution is 0.639. The van der Waals surface area contributed by atoms with E-state index in [2.05, 4.69) is 98.2 Å². The molecule has 0 bridgehead atoms. The molecule has 0 aromatic heterocycles. The molecule has 1 atom stereocenters. The highest BCUT2D eigenvalue weighted by molar-refractivity contribution is 5.44. The van der Waals surface area contributed by atoms with Crippen LogP contribution < -0.4 is 10.6 Å². The third kappa shape index (κ3) is 7.86. The van der Waals surface area contributed by atoms with Crippen LogP contribution >= 0.6 is 0 Å². The summed E-state index contributed by atoms with van der Waals surface area (Å²) < 4.78 is 0. The van der Waals surface area contributed by atoms with Crippen LogP contribution in [0.4, 0.5) is 5.69 Å². The molecule has 0 amide bonds. The van der Waals surface area contributed by atoms with Gasteiger partial charge in [-0.25, -0.2) is 0 Å². The second-order valence-corrected chi connectivity index (χ2v) is 6.69. The molecule has 2 aromatic carbocycles. The smallest absolute Gasteiger partial charge is 0.0965 e. The Labute approximate surface area is 152 Å².